The summed E-state index contributed by atoms with van der Waals surface area (Å²) in [6.07, 6.45) is 1.40. The van der Waals surface area contributed by atoms with Crippen LogP contribution in [-0.4, -0.2) is 44.9 Å². The number of rotatable bonds is 8. The molecule has 0 bridgehead atoms. The maximum absolute atomic E-state index is 13.4. The van der Waals surface area contributed by atoms with Gasteiger partial charge in [-0.15, -0.1) is 0 Å². The lowest BCUT2D eigenvalue weighted by molar-refractivity contribution is -0.126. The summed E-state index contributed by atoms with van der Waals surface area (Å²) in [6.45, 7) is 1.25. The first-order chi connectivity index (χ1) is 14.4. The van der Waals surface area contributed by atoms with E-state index in [9.17, 15) is 22.0 Å². The average molecular weight is 438 g/mol. The quantitative estimate of drug-likeness (QED) is 0.643. The highest BCUT2D eigenvalue weighted by Crippen LogP contribution is 2.25. The lowest BCUT2D eigenvalue weighted by Crippen LogP contribution is -2.43. The van der Waals surface area contributed by atoms with E-state index in [1.165, 1.54) is 4.31 Å². The summed E-state index contributed by atoms with van der Waals surface area (Å²) in [5, 5.41) is 2.86. The fourth-order valence-electron chi connectivity index (χ4n) is 3.28. The van der Waals surface area contributed by atoms with Gasteiger partial charge in [0.05, 0.1) is 11.5 Å². The van der Waals surface area contributed by atoms with Gasteiger partial charge < -0.3 is 10.1 Å². The number of carbonyl (C=O) groups excluding carboxylic acids is 1. The van der Waals surface area contributed by atoms with Gasteiger partial charge in [-0.2, -0.15) is 4.31 Å². The van der Waals surface area contributed by atoms with E-state index in [0.29, 0.717) is 38.5 Å². The molecule has 30 heavy (non-hydrogen) atoms. The number of benzene rings is 2. The highest BCUT2D eigenvalue weighted by molar-refractivity contribution is 7.89. The van der Waals surface area contributed by atoms with Gasteiger partial charge in [-0.1, -0.05) is 18.2 Å². The summed E-state index contributed by atoms with van der Waals surface area (Å²) < 4.78 is 58.5. The van der Waals surface area contributed by atoms with Crippen LogP contribution in [0.3, 0.4) is 0 Å². The SMILES string of the molecule is O=C(NCCCOc1ccccc1)C1CCN(S(=O)(=O)c2ccc(F)c(F)c2)CC1. The molecular formula is C21H24F2N2O4S. The van der Waals surface area contributed by atoms with Crippen LogP contribution >= 0.6 is 0 Å². The molecule has 1 aliphatic rings. The molecule has 1 aliphatic heterocycles. The Bertz CT molecular complexity index is 962. The molecule has 1 saturated heterocycles. The van der Waals surface area contributed by atoms with Gasteiger partial charge in [-0.3, -0.25) is 4.79 Å². The number of hydrogen-bond acceptors (Lipinski definition) is 4. The number of sulfonamides is 1. The van der Waals surface area contributed by atoms with E-state index < -0.39 is 21.7 Å². The third-order valence-corrected chi connectivity index (χ3v) is 6.88. The Morgan fingerprint density at radius 2 is 1.77 bits per heavy atom. The molecule has 162 valence electrons. The van der Waals surface area contributed by atoms with Crippen molar-refractivity contribution in [2.75, 3.05) is 26.2 Å². The predicted octanol–water partition coefficient (Wildman–Crippen LogP) is 2.95. The van der Waals surface area contributed by atoms with Gasteiger partial charge in [0.15, 0.2) is 11.6 Å². The first-order valence-corrected chi connectivity index (χ1v) is 11.2. The molecule has 0 unspecified atom stereocenters. The highest BCUT2D eigenvalue weighted by atomic mass is 32.2. The van der Waals surface area contributed by atoms with Crippen molar-refractivity contribution in [2.24, 2.45) is 5.92 Å². The maximum Gasteiger partial charge on any atom is 0.243 e. The summed E-state index contributed by atoms with van der Waals surface area (Å²) in [6, 6.07) is 11.9. The lowest BCUT2D eigenvalue weighted by Gasteiger charge is -2.30. The molecule has 6 nitrogen and oxygen atoms in total. The Morgan fingerprint density at radius 1 is 1.07 bits per heavy atom. The van der Waals surface area contributed by atoms with Crippen molar-refractivity contribution in [2.45, 2.75) is 24.2 Å². The topological polar surface area (TPSA) is 75.7 Å². The van der Waals surface area contributed by atoms with Gasteiger partial charge in [-0.05, 0) is 49.6 Å². The summed E-state index contributed by atoms with van der Waals surface area (Å²) in [4.78, 5) is 12.0. The second-order valence-corrected chi connectivity index (χ2v) is 9.00. The van der Waals surface area contributed by atoms with Crippen molar-refractivity contribution < 1.29 is 26.7 Å². The molecule has 9 heteroatoms. The zero-order valence-electron chi connectivity index (χ0n) is 16.4. The van der Waals surface area contributed by atoms with Gasteiger partial charge in [-0.25, -0.2) is 17.2 Å². The summed E-state index contributed by atoms with van der Waals surface area (Å²) >= 11 is 0. The molecular weight excluding hydrogens is 414 g/mol. The van der Waals surface area contributed by atoms with Crippen molar-refractivity contribution in [3.8, 4) is 5.75 Å². The van der Waals surface area contributed by atoms with E-state index in [2.05, 4.69) is 5.32 Å². The Balaban J connectivity index is 1.42. The van der Waals surface area contributed by atoms with Gasteiger partial charge in [0.1, 0.15) is 5.75 Å². The minimum atomic E-state index is -3.92. The van der Waals surface area contributed by atoms with Gasteiger partial charge in [0, 0.05) is 25.6 Å². The molecule has 1 fully saturated rings. The molecule has 0 atom stereocenters. The second kappa shape index (κ2) is 9.99. The minimum absolute atomic E-state index is 0.111. The first-order valence-electron chi connectivity index (χ1n) is 9.78. The van der Waals surface area contributed by atoms with E-state index >= 15 is 0 Å². The number of piperidine rings is 1. The number of halogens is 2. The van der Waals surface area contributed by atoms with Crippen LogP contribution in [0.1, 0.15) is 19.3 Å². The Hall–Kier alpha value is -2.52. The third kappa shape index (κ3) is 5.54. The van der Waals surface area contributed by atoms with Gasteiger partial charge in [0.2, 0.25) is 15.9 Å². The van der Waals surface area contributed by atoms with E-state index in [1.54, 1.807) is 0 Å². The number of carbonyl (C=O) groups is 1. The van der Waals surface area contributed by atoms with E-state index in [0.717, 1.165) is 17.9 Å². The highest BCUT2D eigenvalue weighted by Gasteiger charge is 2.32. The van der Waals surface area contributed by atoms with Gasteiger partial charge >= 0.3 is 0 Å². The van der Waals surface area contributed by atoms with Crippen LogP contribution in [-0.2, 0) is 14.8 Å². The van der Waals surface area contributed by atoms with Crippen LogP contribution < -0.4 is 10.1 Å². The molecule has 0 spiro atoms. The van der Waals surface area contributed by atoms with Crippen molar-refractivity contribution in [1.29, 1.82) is 0 Å². The van der Waals surface area contributed by atoms with E-state index in [1.807, 2.05) is 30.3 Å². The Labute approximate surface area is 174 Å². The zero-order chi connectivity index (χ0) is 21.6. The molecule has 0 aromatic heterocycles. The van der Waals surface area contributed by atoms with Crippen LogP contribution in [0.25, 0.3) is 0 Å². The number of para-hydroxylation sites is 1. The van der Waals surface area contributed by atoms with Gasteiger partial charge in [0.25, 0.3) is 0 Å². The number of nitrogens with zero attached hydrogens (tertiary/aromatic N) is 1. The molecule has 1 amide bonds. The van der Waals surface area contributed by atoms with Crippen molar-refractivity contribution in [3.63, 3.8) is 0 Å². The van der Waals surface area contributed by atoms with E-state index in [4.69, 9.17) is 4.74 Å². The molecule has 1 N–H and O–H groups in total. The third-order valence-electron chi connectivity index (χ3n) is 4.99. The van der Waals surface area contributed by atoms with Crippen LogP contribution in [0, 0.1) is 17.6 Å². The minimum Gasteiger partial charge on any atom is -0.494 e. The monoisotopic (exact) mass is 438 g/mol. The van der Waals surface area contributed by atoms with Crippen LogP contribution in [0.4, 0.5) is 8.78 Å². The fourth-order valence-corrected chi connectivity index (χ4v) is 4.76. The summed E-state index contributed by atoms with van der Waals surface area (Å²) in [5.41, 5.74) is 0. The second-order valence-electron chi connectivity index (χ2n) is 7.06. The first kappa shape index (κ1) is 22.2. The van der Waals surface area contributed by atoms with E-state index in [-0.39, 0.29) is 29.8 Å². The average Bonchev–Trinajstić information content (AvgIpc) is 2.76. The maximum atomic E-state index is 13.4. The number of ether oxygens (including phenoxy) is 1. The standard InChI is InChI=1S/C21H24F2N2O4S/c22-19-8-7-18(15-20(19)23)30(27,28)25-12-9-16(10-13-25)21(26)24-11-4-14-29-17-5-2-1-3-6-17/h1-3,5-8,15-16H,4,9-14H2,(H,24,26). The van der Waals surface area contributed by atoms with Crippen molar-refractivity contribution in [3.05, 3.63) is 60.2 Å². The van der Waals surface area contributed by atoms with Crippen molar-refractivity contribution in [1.82, 2.24) is 9.62 Å². The van der Waals surface area contributed by atoms with Crippen LogP contribution in [0.2, 0.25) is 0 Å². The largest absolute Gasteiger partial charge is 0.494 e. The molecule has 2 aromatic rings. The number of amides is 1. The fraction of sp³-hybridized carbons (Fsp3) is 0.381. The summed E-state index contributed by atoms with van der Waals surface area (Å²) in [5.74, 6) is -1.92. The number of hydrogen-bond donors (Lipinski definition) is 1. The Kier molecular flexibility index (Phi) is 7.38. The zero-order valence-corrected chi connectivity index (χ0v) is 17.2. The molecule has 3 rings (SSSR count). The van der Waals surface area contributed by atoms with Crippen LogP contribution in [0.15, 0.2) is 53.4 Å². The number of nitrogens with one attached hydrogen (secondary N) is 1. The normalized spacial score (nSPS) is 15.7. The van der Waals surface area contributed by atoms with Crippen LogP contribution in [0.5, 0.6) is 5.75 Å². The lowest BCUT2D eigenvalue weighted by atomic mass is 9.97. The molecule has 1 heterocycles. The molecule has 0 radical (unpaired) electrons. The predicted molar refractivity (Wildman–Crippen MR) is 107 cm³/mol. The molecule has 0 saturated carbocycles. The molecule has 2 aromatic carbocycles. The molecule has 0 aliphatic carbocycles. The van der Waals surface area contributed by atoms with Crippen molar-refractivity contribution >= 4 is 15.9 Å². The Morgan fingerprint density at radius 3 is 2.43 bits per heavy atom. The summed E-state index contributed by atoms with van der Waals surface area (Å²) in [7, 11) is -3.92. The smallest absolute Gasteiger partial charge is 0.243 e.